The molecule has 0 radical (unpaired) electrons. The van der Waals surface area contributed by atoms with E-state index in [1.165, 1.54) is 127 Å². The molecule has 0 aliphatic carbocycles. The van der Waals surface area contributed by atoms with Crippen LogP contribution < -0.4 is 16.0 Å². The highest BCUT2D eigenvalue weighted by molar-refractivity contribution is 5.87. The largest absolute Gasteiger partial charge is 0.466 e. The highest BCUT2D eigenvalue weighted by atomic mass is 16.7. The van der Waals surface area contributed by atoms with Crippen molar-refractivity contribution in [3.63, 3.8) is 0 Å². The Kier molecular flexibility index (Phi) is 53.6. The molecule has 0 aromatic rings. The standard InChI is InChI=1S/C72H134N4O28/c1-3-5-7-9-11-13-15-17-19-21-23-25-27-29-42-99-55(85)35-31-34-48(70(98)100-43-30-28-26-24-22-20-18-16-14-12-10-8-6-4-2)75-53(83)36-37-54(84)76(40-32-38-73-68(96)62(92)60(90)66(49(81)44-77)103-71-64(94)58(88)56(86)51(46-79)101-71)41-33-39-74-69(97)63(93)61(91)67(50(82)45-78)104-72-65(95)59(89)57(87)52(47-80)102-72/h48-52,56-67,71-72,77-82,86-95H,3-47H2,1-2H3,(H,73,96)(H,74,97)(H,75,83)/t48?,49?,50?,51-,52-,56-,57-,58+,59+,60?,61?,62?,63?,64-,65-,66?,67?,71+,72+/m1/s1. The lowest BCUT2D eigenvalue weighted by Gasteiger charge is -2.42. The van der Waals surface area contributed by atoms with Crippen molar-refractivity contribution < 1.29 is 139 Å². The Hall–Kier alpha value is -3.98. The number of aliphatic hydroxyl groups excluding tert-OH is 16. The van der Waals surface area contributed by atoms with Gasteiger partial charge in [0.05, 0.1) is 39.6 Å². The van der Waals surface area contributed by atoms with Crippen molar-refractivity contribution in [1.82, 2.24) is 20.9 Å². The summed E-state index contributed by atoms with van der Waals surface area (Å²) < 4.78 is 32.4. The van der Waals surface area contributed by atoms with Gasteiger partial charge in [0.1, 0.15) is 91.5 Å². The van der Waals surface area contributed by atoms with Crippen molar-refractivity contribution in [3.8, 4) is 0 Å². The average Bonchev–Trinajstić information content (AvgIpc) is 0.811. The zero-order valence-electron chi connectivity index (χ0n) is 61.8. The Labute approximate surface area is 613 Å². The summed E-state index contributed by atoms with van der Waals surface area (Å²) in [5.74, 6) is -5.12. The van der Waals surface area contributed by atoms with Gasteiger partial charge < -0.3 is 131 Å². The molecular weight excluding hydrogens is 1370 g/mol. The van der Waals surface area contributed by atoms with Crippen molar-refractivity contribution >= 4 is 35.6 Å². The van der Waals surface area contributed by atoms with E-state index in [9.17, 15) is 110 Å². The van der Waals surface area contributed by atoms with E-state index >= 15 is 0 Å². The predicted molar refractivity (Wildman–Crippen MR) is 377 cm³/mol. The molecule has 2 saturated heterocycles. The number of esters is 2. The highest BCUT2D eigenvalue weighted by Crippen LogP contribution is 2.28. The van der Waals surface area contributed by atoms with E-state index in [1.807, 2.05) is 0 Å². The maximum atomic E-state index is 14.1. The quantitative estimate of drug-likeness (QED) is 0.0278. The van der Waals surface area contributed by atoms with E-state index in [1.54, 1.807) is 0 Å². The fourth-order valence-corrected chi connectivity index (χ4v) is 12.3. The first-order valence-electron chi connectivity index (χ1n) is 38.6. The number of carbonyl (C=O) groups excluding carboxylic acids is 6. The number of amides is 4. The molecule has 19 N–H and O–H groups in total. The molecular formula is C72H134N4O28. The van der Waals surface area contributed by atoms with Gasteiger partial charge in [-0.3, -0.25) is 24.0 Å². The zero-order valence-corrected chi connectivity index (χ0v) is 61.8. The average molecular weight is 1500 g/mol. The van der Waals surface area contributed by atoms with Crippen LogP contribution in [0.3, 0.4) is 0 Å². The summed E-state index contributed by atoms with van der Waals surface area (Å²) in [6, 6.07) is -1.20. The Morgan fingerprint density at radius 3 is 1.13 bits per heavy atom. The van der Waals surface area contributed by atoms with Gasteiger partial charge in [0, 0.05) is 45.4 Å². The molecule has 0 saturated carbocycles. The van der Waals surface area contributed by atoms with Crippen molar-refractivity contribution in [2.75, 3.05) is 65.8 Å². The van der Waals surface area contributed by atoms with Crippen LogP contribution in [0, 0.1) is 0 Å². The third kappa shape index (κ3) is 38.4. The van der Waals surface area contributed by atoms with Gasteiger partial charge in [-0.25, -0.2) is 4.79 Å². The van der Waals surface area contributed by atoms with Crippen LogP contribution in [0.15, 0.2) is 0 Å². The molecule has 0 bridgehead atoms. The molecule has 0 spiro atoms. The summed E-state index contributed by atoms with van der Waals surface area (Å²) in [5, 5.41) is 173. The minimum absolute atomic E-state index is 0.00806. The number of nitrogens with one attached hydrogen (secondary N) is 3. The van der Waals surface area contributed by atoms with Crippen LogP contribution in [0.25, 0.3) is 0 Å². The molecule has 9 unspecified atom stereocenters. The molecule has 0 aromatic heterocycles. The molecule has 32 heteroatoms. The van der Waals surface area contributed by atoms with Crippen LogP contribution in [-0.4, -0.2) is 304 Å². The second kappa shape index (κ2) is 58.0. The third-order valence-corrected chi connectivity index (χ3v) is 19.0. The van der Waals surface area contributed by atoms with E-state index in [4.69, 9.17) is 28.4 Å². The summed E-state index contributed by atoms with van der Waals surface area (Å²) >= 11 is 0. The van der Waals surface area contributed by atoms with Gasteiger partial charge in [-0.15, -0.1) is 0 Å². The van der Waals surface area contributed by atoms with Gasteiger partial charge >= 0.3 is 11.9 Å². The van der Waals surface area contributed by atoms with Crippen molar-refractivity contribution in [3.05, 3.63) is 0 Å². The normalized spacial score (nSPS) is 23.2. The maximum Gasteiger partial charge on any atom is 0.328 e. The third-order valence-electron chi connectivity index (χ3n) is 19.0. The number of hydrogen-bond acceptors (Lipinski definition) is 28. The predicted octanol–water partition coefficient (Wildman–Crippen LogP) is -0.168. The molecule has 4 amide bonds. The van der Waals surface area contributed by atoms with Crippen molar-refractivity contribution in [2.45, 2.75) is 355 Å². The van der Waals surface area contributed by atoms with Crippen LogP contribution in [0.5, 0.6) is 0 Å². The number of rotatable bonds is 63. The first kappa shape index (κ1) is 96.1. The van der Waals surface area contributed by atoms with Gasteiger partial charge in [0.25, 0.3) is 11.8 Å². The molecule has 104 heavy (non-hydrogen) atoms. The lowest BCUT2D eigenvalue weighted by Crippen LogP contribution is -2.62. The molecule has 0 aromatic carbocycles. The van der Waals surface area contributed by atoms with Gasteiger partial charge in [0.15, 0.2) is 24.8 Å². The summed E-state index contributed by atoms with van der Waals surface area (Å²) in [5.41, 5.74) is 0. The van der Waals surface area contributed by atoms with Crippen LogP contribution in [0.1, 0.15) is 239 Å². The second-order valence-corrected chi connectivity index (χ2v) is 27.7. The van der Waals surface area contributed by atoms with Crippen LogP contribution >= 0.6 is 0 Å². The van der Waals surface area contributed by atoms with E-state index in [2.05, 4.69) is 29.8 Å². The van der Waals surface area contributed by atoms with Crippen LogP contribution in [0.4, 0.5) is 0 Å². The summed E-state index contributed by atoms with van der Waals surface area (Å²) in [7, 11) is 0. The Morgan fingerprint density at radius 1 is 0.423 bits per heavy atom. The molecule has 2 fully saturated rings. The van der Waals surface area contributed by atoms with Gasteiger partial charge in [-0.2, -0.15) is 0 Å². The molecule has 2 heterocycles. The minimum atomic E-state index is -2.43. The Bertz CT molecular complexity index is 2170. The smallest absolute Gasteiger partial charge is 0.328 e. The lowest BCUT2D eigenvalue weighted by molar-refractivity contribution is -0.326. The second-order valence-electron chi connectivity index (χ2n) is 27.7. The minimum Gasteiger partial charge on any atom is -0.466 e. The van der Waals surface area contributed by atoms with E-state index in [-0.39, 0.29) is 71.5 Å². The van der Waals surface area contributed by atoms with E-state index in [0.717, 1.165) is 51.4 Å². The summed E-state index contributed by atoms with van der Waals surface area (Å²) in [6.07, 6.45) is -5.19. The molecule has 32 nitrogen and oxygen atoms in total. The number of unbranched alkanes of at least 4 members (excludes halogenated alkanes) is 26. The number of hydrogen-bond donors (Lipinski definition) is 19. The monoisotopic (exact) mass is 1500 g/mol. The first-order chi connectivity index (χ1) is 49.9. The molecule has 2 aliphatic heterocycles. The lowest BCUT2D eigenvalue weighted by atomic mass is 9.98. The fraction of sp³-hybridized carbons (Fsp3) is 0.917. The van der Waals surface area contributed by atoms with Gasteiger partial charge in [0.2, 0.25) is 11.8 Å². The Balaban J connectivity index is 2.19. The van der Waals surface area contributed by atoms with Crippen LogP contribution in [-0.2, 0) is 57.2 Å². The number of nitrogens with zero attached hydrogens (tertiary/aromatic N) is 1. The van der Waals surface area contributed by atoms with Gasteiger partial charge in [-0.1, -0.05) is 181 Å². The van der Waals surface area contributed by atoms with Crippen molar-refractivity contribution in [2.24, 2.45) is 0 Å². The van der Waals surface area contributed by atoms with E-state index in [0.29, 0.717) is 6.42 Å². The summed E-state index contributed by atoms with van der Waals surface area (Å²) in [6.45, 7) is -0.330. The SMILES string of the molecule is CCCCCCCCCCCCCCCCOC(=O)CCCC(NC(=O)CCC(=O)N(CCCNC(=O)C(O)C(O)C(O[C@@H]1O[C@H](CO)[C@@H](O)[C@H](O)[C@H]1O)C(O)CO)CCCNC(=O)C(O)C(O)C(O[C@@H]1O[C@H](CO)[C@@H](O)[C@H](O)[C@H]1O)C(O)CO)C(=O)OCCCCCCCCCCCCCCCC. The van der Waals surface area contributed by atoms with Gasteiger partial charge in [-0.05, 0) is 38.5 Å². The molecule has 2 aliphatic rings. The Morgan fingerprint density at radius 2 is 0.779 bits per heavy atom. The topological polar surface area (TPSA) is 521 Å². The number of carbonyl (C=O) groups is 6. The first-order valence-corrected chi connectivity index (χ1v) is 38.6. The maximum absolute atomic E-state index is 14.1. The van der Waals surface area contributed by atoms with Crippen LogP contribution in [0.2, 0.25) is 0 Å². The number of aliphatic hydroxyl groups is 16. The zero-order chi connectivity index (χ0) is 77.2. The summed E-state index contributed by atoms with van der Waals surface area (Å²) in [4.78, 5) is 82.0. The highest BCUT2D eigenvalue weighted by Gasteiger charge is 2.49. The van der Waals surface area contributed by atoms with Crippen molar-refractivity contribution in [1.29, 1.82) is 0 Å². The molecule has 2 rings (SSSR count). The number of ether oxygens (including phenoxy) is 6. The fourth-order valence-electron chi connectivity index (χ4n) is 12.3. The molecule has 610 valence electrons. The molecule has 19 atom stereocenters. The van der Waals surface area contributed by atoms with E-state index < -0.39 is 191 Å².